The zero-order chi connectivity index (χ0) is 19.8. The number of benzene rings is 2. The standard InChI is InChI=1S/C22H24N2O3/c1-15-9-8-10-16(13-15)20(26)24(22(2,3)4)18-14-19(25)23(21(18)27)17-11-6-5-7-12-17/h5-13,18H,14H2,1-4H3. The first-order valence-corrected chi connectivity index (χ1v) is 9.02. The third-order valence-electron chi connectivity index (χ3n) is 4.66. The predicted octanol–water partition coefficient (Wildman–Crippen LogP) is 3.57. The maximum atomic E-state index is 13.3. The van der Waals surface area contributed by atoms with Crippen molar-refractivity contribution in [1.29, 1.82) is 0 Å². The largest absolute Gasteiger partial charge is 0.321 e. The maximum absolute atomic E-state index is 13.3. The molecule has 0 N–H and O–H groups in total. The molecular weight excluding hydrogens is 340 g/mol. The van der Waals surface area contributed by atoms with Crippen LogP contribution in [-0.4, -0.2) is 34.2 Å². The smallest absolute Gasteiger partial charge is 0.257 e. The lowest BCUT2D eigenvalue weighted by molar-refractivity contribution is -0.123. The fraction of sp³-hybridized carbons (Fsp3) is 0.318. The van der Waals surface area contributed by atoms with Crippen molar-refractivity contribution >= 4 is 23.4 Å². The van der Waals surface area contributed by atoms with Gasteiger partial charge in [-0.15, -0.1) is 0 Å². The van der Waals surface area contributed by atoms with Gasteiger partial charge >= 0.3 is 0 Å². The Morgan fingerprint density at radius 2 is 1.70 bits per heavy atom. The molecule has 0 radical (unpaired) electrons. The van der Waals surface area contributed by atoms with Crippen molar-refractivity contribution in [1.82, 2.24) is 4.90 Å². The van der Waals surface area contributed by atoms with Gasteiger partial charge in [-0.3, -0.25) is 14.4 Å². The minimum Gasteiger partial charge on any atom is -0.321 e. The number of aryl methyl sites for hydroxylation is 1. The van der Waals surface area contributed by atoms with Crippen LogP contribution >= 0.6 is 0 Å². The van der Waals surface area contributed by atoms with Crippen LogP contribution in [0.5, 0.6) is 0 Å². The number of imide groups is 1. The van der Waals surface area contributed by atoms with E-state index in [4.69, 9.17) is 0 Å². The molecule has 0 aliphatic carbocycles. The van der Waals surface area contributed by atoms with Crippen LogP contribution in [0.2, 0.25) is 0 Å². The van der Waals surface area contributed by atoms with Crippen molar-refractivity contribution in [3.63, 3.8) is 0 Å². The minimum absolute atomic E-state index is 0.0114. The molecule has 1 saturated heterocycles. The summed E-state index contributed by atoms with van der Waals surface area (Å²) in [5, 5.41) is 0. The minimum atomic E-state index is -0.814. The Hall–Kier alpha value is -2.95. The molecule has 0 aromatic heterocycles. The van der Waals surface area contributed by atoms with E-state index >= 15 is 0 Å². The summed E-state index contributed by atoms with van der Waals surface area (Å²) >= 11 is 0. The van der Waals surface area contributed by atoms with Crippen LogP contribution < -0.4 is 4.90 Å². The van der Waals surface area contributed by atoms with E-state index in [-0.39, 0.29) is 24.1 Å². The molecule has 1 fully saturated rings. The first kappa shape index (κ1) is 18.8. The molecule has 5 nitrogen and oxygen atoms in total. The Morgan fingerprint density at radius 1 is 1.04 bits per heavy atom. The van der Waals surface area contributed by atoms with Crippen LogP contribution in [0.15, 0.2) is 54.6 Å². The van der Waals surface area contributed by atoms with Crippen LogP contribution in [0.25, 0.3) is 0 Å². The van der Waals surface area contributed by atoms with E-state index in [2.05, 4.69) is 0 Å². The molecule has 1 aliphatic heterocycles. The highest BCUT2D eigenvalue weighted by molar-refractivity contribution is 6.23. The van der Waals surface area contributed by atoms with Gasteiger partial charge in [-0.2, -0.15) is 0 Å². The Balaban J connectivity index is 1.98. The van der Waals surface area contributed by atoms with Crippen LogP contribution in [0, 0.1) is 6.92 Å². The summed E-state index contributed by atoms with van der Waals surface area (Å²) in [6.07, 6.45) is -0.0114. The number of rotatable bonds is 3. The Morgan fingerprint density at radius 3 is 2.30 bits per heavy atom. The number of hydrogen-bond acceptors (Lipinski definition) is 3. The maximum Gasteiger partial charge on any atom is 0.257 e. The van der Waals surface area contributed by atoms with Crippen molar-refractivity contribution in [3.8, 4) is 0 Å². The van der Waals surface area contributed by atoms with E-state index in [1.807, 2.05) is 45.9 Å². The van der Waals surface area contributed by atoms with Gasteiger partial charge in [0, 0.05) is 11.1 Å². The summed E-state index contributed by atoms with van der Waals surface area (Å²) in [5.41, 5.74) is 1.40. The zero-order valence-electron chi connectivity index (χ0n) is 16.1. The molecule has 3 rings (SSSR count). The lowest BCUT2D eigenvalue weighted by atomic mass is 9.99. The quantitative estimate of drug-likeness (QED) is 0.783. The molecule has 1 heterocycles. The summed E-state index contributed by atoms with van der Waals surface area (Å²) in [6.45, 7) is 7.55. The Labute approximate surface area is 159 Å². The predicted molar refractivity (Wildman–Crippen MR) is 104 cm³/mol. The van der Waals surface area contributed by atoms with Crippen LogP contribution in [0.4, 0.5) is 5.69 Å². The van der Waals surface area contributed by atoms with Gasteiger partial charge in [-0.1, -0.05) is 35.9 Å². The van der Waals surface area contributed by atoms with E-state index in [0.717, 1.165) is 5.56 Å². The molecule has 27 heavy (non-hydrogen) atoms. The Bertz CT molecular complexity index is 884. The molecule has 0 saturated carbocycles. The fourth-order valence-electron chi connectivity index (χ4n) is 3.50. The number of carbonyl (C=O) groups is 3. The molecule has 2 aromatic rings. The van der Waals surface area contributed by atoms with Gasteiger partial charge in [0.25, 0.3) is 11.8 Å². The average molecular weight is 364 g/mol. The van der Waals surface area contributed by atoms with Gasteiger partial charge in [0.1, 0.15) is 6.04 Å². The second-order valence-electron chi connectivity index (χ2n) is 7.84. The molecule has 0 spiro atoms. The first-order valence-electron chi connectivity index (χ1n) is 9.02. The van der Waals surface area contributed by atoms with E-state index in [1.54, 1.807) is 41.3 Å². The number of para-hydroxylation sites is 1. The highest BCUT2D eigenvalue weighted by Crippen LogP contribution is 2.30. The number of nitrogens with zero attached hydrogens (tertiary/aromatic N) is 2. The summed E-state index contributed by atoms with van der Waals surface area (Å²) in [4.78, 5) is 41.7. The number of carbonyl (C=O) groups excluding carboxylic acids is 3. The van der Waals surface area contributed by atoms with Crippen molar-refractivity contribution in [2.45, 2.75) is 45.7 Å². The number of hydrogen-bond donors (Lipinski definition) is 0. The third-order valence-corrected chi connectivity index (χ3v) is 4.66. The molecule has 2 aromatic carbocycles. The molecular formula is C22H24N2O3. The second kappa shape index (κ2) is 6.99. The average Bonchev–Trinajstić information content (AvgIpc) is 2.88. The molecule has 3 amide bonds. The highest BCUT2D eigenvalue weighted by Gasteiger charge is 2.47. The van der Waals surface area contributed by atoms with Crippen molar-refractivity contribution in [2.24, 2.45) is 0 Å². The first-order chi connectivity index (χ1) is 12.7. The second-order valence-corrected chi connectivity index (χ2v) is 7.84. The van der Waals surface area contributed by atoms with Crippen LogP contribution in [0.1, 0.15) is 43.1 Å². The normalized spacial score (nSPS) is 17.3. The molecule has 1 aliphatic rings. The molecule has 0 bridgehead atoms. The fourth-order valence-corrected chi connectivity index (χ4v) is 3.50. The molecule has 1 unspecified atom stereocenters. The van der Waals surface area contributed by atoms with Gasteiger partial charge in [0.15, 0.2) is 0 Å². The number of anilines is 1. The van der Waals surface area contributed by atoms with Crippen molar-refractivity contribution in [3.05, 3.63) is 65.7 Å². The van der Waals surface area contributed by atoms with E-state index in [1.165, 1.54) is 4.90 Å². The molecule has 1 atom stereocenters. The highest BCUT2D eigenvalue weighted by atomic mass is 16.2. The summed E-state index contributed by atoms with van der Waals surface area (Å²) in [7, 11) is 0. The monoisotopic (exact) mass is 364 g/mol. The van der Waals surface area contributed by atoms with Crippen LogP contribution in [-0.2, 0) is 9.59 Å². The van der Waals surface area contributed by atoms with Crippen LogP contribution in [0.3, 0.4) is 0 Å². The topological polar surface area (TPSA) is 57.7 Å². The summed E-state index contributed by atoms with van der Waals surface area (Å²) in [6, 6.07) is 15.3. The van der Waals surface area contributed by atoms with Gasteiger partial charge in [0.2, 0.25) is 5.91 Å². The van der Waals surface area contributed by atoms with Gasteiger partial charge in [-0.05, 0) is 52.0 Å². The van der Waals surface area contributed by atoms with Gasteiger partial charge in [0.05, 0.1) is 12.1 Å². The third kappa shape index (κ3) is 3.63. The Kier molecular flexibility index (Phi) is 4.87. The van der Waals surface area contributed by atoms with Crippen molar-refractivity contribution in [2.75, 3.05) is 4.90 Å². The van der Waals surface area contributed by atoms with E-state index in [0.29, 0.717) is 11.3 Å². The van der Waals surface area contributed by atoms with E-state index in [9.17, 15) is 14.4 Å². The lowest BCUT2D eigenvalue weighted by Crippen LogP contribution is -2.54. The zero-order valence-corrected chi connectivity index (χ0v) is 16.1. The molecule has 5 heteroatoms. The number of amides is 3. The summed E-state index contributed by atoms with van der Waals surface area (Å²) in [5.74, 6) is -0.892. The SMILES string of the molecule is Cc1cccc(C(=O)N(C2CC(=O)N(c3ccccc3)C2=O)C(C)(C)C)c1. The molecule has 140 valence electrons. The van der Waals surface area contributed by atoms with Gasteiger partial charge < -0.3 is 4.90 Å². The van der Waals surface area contributed by atoms with Crippen molar-refractivity contribution < 1.29 is 14.4 Å². The van der Waals surface area contributed by atoms with Gasteiger partial charge in [-0.25, -0.2) is 4.90 Å². The lowest BCUT2D eigenvalue weighted by Gasteiger charge is -2.39. The summed E-state index contributed by atoms with van der Waals surface area (Å²) < 4.78 is 0. The van der Waals surface area contributed by atoms with E-state index < -0.39 is 11.6 Å².